The van der Waals surface area contributed by atoms with Crippen LogP contribution in [0.2, 0.25) is 0 Å². The molecule has 1 rings (SSSR count). The number of hydrogen-bond donors (Lipinski definition) is 3. The van der Waals surface area contributed by atoms with E-state index >= 15 is 0 Å². The van der Waals surface area contributed by atoms with Gasteiger partial charge in [0.15, 0.2) is 0 Å². The average Bonchev–Trinajstić information content (AvgIpc) is 2.53. The number of hydrogen-bond acceptors (Lipinski definition) is 5. The van der Waals surface area contributed by atoms with Crippen LogP contribution < -0.4 is 11.1 Å². The van der Waals surface area contributed by atoms with Gasteiger partial charge in [-0.25, -0.2) is 0 Å². The van der Waals surface area contributed by atoms with Crippen molar-refractivity contribution in [2.45, 2.75) is 6.92 Å². The van der Waals surface area contributed by atoms with Crippen LogP contribution in [-0.4, -0.2) is 47.2 Å². The van der Waals surface area contributed by atoms with Gasteiger partial charge in [0, 0.05) is 13.6 Å². The van der Waals surface area contributed by atoms with E-state index in [0.29, 0.717) is 30.2 Å². The Morgan fingerprint density at radius 3 is 2.82 bits per heavy atom. The SMILES string of the molecule is Cc1nn(C)c(C(=O)NCCOCCO)c1N. The number of nitrogens with zero attached hydrogens (tertiary/aromatic N) is 2. The van der Waals surface area contributed by atoms with Gasteiger partial charge in [0.05, 0.1) is 31.2 Å². The van der Waals surface area contributed by atoms with Crippen molar-refractivity contribution in [3.05, 3.63) is 11.4 Å². The molecule has 1 heterocycles. The van der Waals surface area contributed by atoms with E-state index in [2.05, 4.69) is 10.4 Å². The molecule has 7 heteroatoms. The maximum atomic E-state index is 11.8. The molecule has 7 nitrogen and oxygen atoms in total. The fraction of sp³-hybridized carbons (Fsp3) is 0.600. The van der Waals surface area contributed by atoms with Gasteiger partial charge in [-0.3, -0.25) is 9.48 Å². The molecule has 0 aliphatic rings. The molecule has 0 spiro atoms. The highest BCUT2D eigenvalue weighted by atomic mass is 16.5. The van der Waals surface area contributed by atoms with Crippen molar-refractivity contribution >= 4 is 11.6 Å². The molecule has 1 amide bonds. The highest BCUT2D eigenvalue weighted by molar-refractivity contribution is 5.97. The summed E-state index contributed by atoms with van der Waals surface area (Å²) in [6.07, 6.45) is 0. The van der Waals surface area contributed by atoms with E-state index in [4.69, 9.17) is 15.6 Å². The summed E-state index contributed by atoms with van der Waals surface area (Å²) in [6.45, 7) is 2.70. The third-order valence-corrected chi connectivity index (χ3v) is 2.25. The van der Waals surface area contributed by atoms with Crippen LogP contribution in [0.1, 0.15) is 16.2 Å². The molecule has 0 fully saturated rings. The van der Waals surface area contributed by atoms with E-state index in [9.17, 15) is 4.79 Å². The zero-order valence-corrected chi connectivity index (χ0v) is 10.1. The second kappa shape index (κ2) is 6.21. The van der Waals surface area contributed by atoms with Crippen molar-refractivity contribution in [3.8, 4) is 0 Å². The largest absolute Gasteiger partial charge is 0.395 e. The first-order valence-electron chi connectivity index (χ1n) is 5.33. The second-order valence-electron chi connectivity index (χ2n) is 3.56. The number of aromatic nitrogens is 2. The molecule has 0 atom stereocenters. The maximum Gasteiger partial charge on any atom is 0.271 e. The molecule has 17 heavy (non-hydrogen) atoms. The third-order valence-electron chi connectivity index (χ3n) is 2.25. The lowest BCUT2D eigenvalue weighted by atomic mass is 10.3. The molecule has 1 aromatic rings. The van der Waals surface area contributed by atoms with Crippen molar-refractivity contribution in [2.24, 2.45) is 7.05 Å². The quantitative estimate of drug-likeness (QED) is 0.558. The van der Waals surface area contributed by atoms with Gasteiger partial charge in [-0.05, 0) is 6.92 Å². The molecule has 0 aliphatic carbocycles. The van der Waals surface area contributed by atoms with Crippen molar-refractivity contribution in [2.75, 3.05) is 32.1 Å². The fourth-order valence-electron chi connectivity index (χ4n) is 1.43. The smallest absolute Gasteiger partial charge is 0.271 e. The number of rotatable bonds is 6. The highest BCUT2D eigenvalue weighted by Crippen LogP contribution is 2.14. The monoisotopic (exact) mass is 242 g/mol. The molecular formula is C10H18N4O3. The predicted molar refractivity (Wildman–Crippen MR) is 62.6 cm³/mol. The van der Waals surface area contributed by atoms with Gasteiger partial charge in [-0.2, -0.15) is 5.10 Å². The molecule has 96 valence electrons. The van der Waals surface area contributed by atoms with Crippen molar-refractivity contribution in [1.82, 2.24) is 15.1 Å². The van der Waals surface area contributed by atoms with Crippen LogP contribution >= 0.6 is 0 Å². The lowest BCUT2D eigenvalue weighted by Crippen LogP contribution is -2.29. The van der Waals surface area contributed by atoms with Gasteiger partial charge < -0.3 is 20.9 Å². The molecule has 0 radical (unpaired) electrons. The van der Waals surface area contributed by atoms with E-state index in [1.807, 2.05) is 0 Å². The summed E-state index contributed by atoms with van der Waals surface area (Å²) in [5, 5.41) is 15.2. The van der Waals surface area contributed by atoms with Gasteiger partial charge in [0.1, 0.15) is 5.69 Å². The van der Waals surface area contributed by atoms with E-state index in [1.165, 1.54) is 4.68 Å². The number of aryl methyl sites for hydroxylation is 2. The van der Waals surface area contributed by atoms with Crippen LogP contribution in [0.25, 0.3) is 0 Å². The Balaban J connectivity index is 2.47. The Bertz CT molecular complexity index is 389. The number of anilines is 1. The molecule has 0 bridgehead atoms. The van der Waals surface area contributed by atoms with Crippen molar-refractivity contribution < 1.29 is 14.6 Å². The Morgan fingerprint density at radius 2 is 2.29 bits per heavy atom. The molecule has 1 aromatic heterocycles. The van der Waals surface area contributed by atoms with E-state index in [0.717, 1.165) is 0 Å². The Hall–Kier alpha value is -1.60. The van der Waals surface area contributed by atoms with Crippen LogP contribution in [-0.2, 0) is 11.8 Å². The Labute approximate surface area is 99.6 Å². The number of nitrogens with two attached hydrogens (primary N) is 1. The minimum atomic E-state index is -0.279. The molecule has 0 saturated carbocycles. The number of amides is 1. The van der Waals surface area contributed by atoms with Crippen LogP contribution in [0.15, 0.2) is 0 Å². The second-order valence-corrected chi connectivity index (χ2v) is 3.56. The van der Waals surface area contributed by atoms with Crippen LogP contribution in [0, 0.1) is 6.92 Å². The average molecular weight is 242 g/mol. The zero-order chi connectivity index (χ0) is 12.8. The number of nitrogen functional groups attached to an aromatic ring is 1. The predicted octanol–water partition coefficient (Wildman–Crippen LogP) is -0.951. The molecule has 0 saturated heterocycles. The van der Waals surface area contributed by atoms with Crippen molar-refractivity contribution in [3.63, 3.8) is 0 Å². The number of nitrogens with one attached hydrogen (secondary N) is 1. The maximum absolute atomic E-state index is 11.8. The highest BCUT2D eigenvalue weighted by Gasteiger charge is 2.17. The van der Waals surface area contributed by atoms with Gasteiger partial charge in [0.2, 0.25) is 0 Å². The number of carbonyl (C=O) groups excluding carboxylic acids is 1. The molecule has 0 unspecified atom stereocenters. The Morgan fingerprint density at radius 1 is 1.59 bits per heavy atom. The van der Waals surface area contributed by atoms with E-state index in [1.54, 1.807) is 14.0 Å². The fourth-order valence-corrected chi connectivity index (χ4v) is 1.43. The third kappa shape index (κ3) is 3.43. The summed E-state index contributed by atoms with van der Waals surface area (Å²) < 4.78 is 6.47. The Kier molecular flexibility index (Phi) is 4.92. The minimum absolute atomic E-state index is 0.0260. The molecule has 0 aromatic carbocycles. The molecule has 0 aliphatic heterocycles. The molecule has 4 N–H and O–H groups in total. The van der Waals surface area contributed by atoms with Gasteiger partial charge >= 0.3 is 0 Å². The van der Waals surface area contributed by atoms with Gasteiger partial charge in [-0.1, -0.05) is 0 Å². The molecular weight excluding hydrogens is 224 g/mol. The summed E-state index contributed by atoms with van der Waals surface area (Å²) in [5.41, 5.74) is 7.12. The number of aliphatic hydroxyl groups is 1. The number of ether oxygens (including phenoxy) is 1. The normalized spacial score (nSPS) is 10.5. The lowest BCUT2D eigenvalue weighted by molar-refractivity contribution is 0.0833. The summed E-state index contributed by atoms with van der Waals surface area (Å²) in [5.74, 6) is -0.279. The van der Waals surface area contributed by atoms with Gasteiger partial charge in [-0.15, -0.1) is 0 Å². The standard InChI is InChI=1S/C10H18N4O3/c1-7-8(11)9(14(2)13-7)10(16)12-3-5-17-6-4-15/h15H,3-6,11H2,1-2H3,(H,12,16). The number of aliphatic hydroxyl groups excluding tert-OH is 1. The summed E-state index contributed by atoms with van der Waals surface area (Å²) in [4.78, 5) is 11.8. The zero-order valence-electron chi connectivity index (χ0n) is 10.1. The topological polar surface area (TPSA) is 102 Å². The van der Waals surface area contributed by atoms with Gasteiger partial charge in [0.25, 0.3) is 5.91 Å². The number of carbonyl (C=O) groups is 1. The summed E-state index contributed by atoms with van der Waals surface area (Å²) in [7, 11) is 1.67. The van der Waals surface area contributed by atoms with Crippen LogP contribution in [0.3, 0.4) is 0 Å². The van der Waals surface area contributed by atoms with E-state index < -0.39 is 0 Å². The first kappa shape index (κ1) is 13.5. The van der Waals surface area contributed by atoms with Crippen molar-refractivity contribution in [1.29, 1.82) is 0 Å². The van der Waals surface area contributed by atoms with E-state index in [-0.39, 0.29) is 19.1 Å². The first-order valence-corrected chi connectivity index (χ1v) is 5.33. The summed E-state index contributed by atoms with van der Waals surface area (Å²) >= 11 is 0. The lowest BCUT2D eigenvalue weighted by Gasteiger charge is -2.06. The van der Waals surface area contributed by atoms with Crippen LogP contribution in [0.4, 0.5) is 5.69 Å². The first-order chi connectivity index (χ1) is 8.07. The minimum Gasteiger partial charge on any atom is -0.395 e. The van der Waals surface area contributed by atoms with Crippen LogP contribution in [0.5, 0.6) is 0 Å². The summed E-state index contributed by atoms with van der Waals surface area (Å²) in [6, 6.07) is 0.